The maximum absolute atomic E-state index is 13.0. The molecular weight excluding hydrogens is 300 g/mol. The van der Waals surface area contributed by atoms with Crippen molar-refractivity contribution in [1.29, 1.82) is 0 Å². The zero-order valence-electron chi connectivity index (χ0n) is 17.1. The highest BCUT2D eigenvalue weighted by Crippen LogP contribution is 2.57. The average molecular weight is 337 g/mol. The van der Waals surface area contributed by atoms with Crippen LogP contribution in [0.25, 0.3) is 0 Å². The molecule has 1 fully saturated rings. The second-order valence-corrected chi connectivity index (χ2v) is 9.77. The van der Waals surface area contributed by atoms with Crippen molar-refractivity contribution >= 4 is 17.3 Å². The van der Waals surface area contributed by atoms with Crippen LogP contribution in [0.3, 0.4) is 0 Å². The average Bonchev–Trinajstić information content (AvgIpc) is 2.42. The first-order valence-electron chi connectivity index (χ1n) is 9.31. The number of carbonyl (C=O) groups is 3. The minimum absolute atomic E-state index is 0.0927. The van der Waals surface area contributed by atoms with Crippen LogP contribution < -0.4 is 0 Å². The molecule has 1 aliphatic rings. The van der Waals surface area contributed by atoms with Crippen LogP contribution in [0.15, 0.2) is 0 Å². The molecule has 0 unspecified atom stereocenters. The van der Waals surface area contributed by atoms with Crippen molar-refractivity contribution in [1.82, 2.24) is 0 Å². The summed E-state index contributed by atoms with van der Waals surface area (Å²) in [5.74, 6) is 0.244. The van der Waals surface area contributed by atoms with E-state index in [1.807, 2.05) is 62.3 Å². The molecule has 0 bridgehead atoms. The maximum atomic E-state index is 13.0. The number of rotatable bonds is 6. The Hall–Kier alpha value is -0.990. The Kier molecular flexibility index (Phi) is 5.90. The summed E-state index contributed by atoms with van der Waals surface area (Å²) in [5, 5.41) is 0. The van der Waals surface area contributed by atoms with Gasteiger partial charge < -0.3 is 0 Å². The molecule has 3 nitrogen and oxygen atoms in total. The molecule has 0 aromatic carbocycles. The van der Waals surface area contributed by atoms with Crippen LogP contribution in [0.5, 0.6) is 0 Å². The van der Waals surface area contributed by atoms with Gasteiger partial charge in [-0.1, -0.05) is 62.3 Å². The van der Waals surface area contributed by atoms with Crippen LogP contribution in [-0.2, 0) is 14.4 Å². The maximum Gasteiger partial charge on any atom is 0.141 e. The van der Waals surface area contributed by atoms with E-state index in [1.54, 1.807) is 0 Å². The Labute approximate surface area is 148 Å². The molecule has 138 valence electrons. The molecule has 0 heterocycles. The number of carbonyl (C=O) groups excluding carboxylic acids is 3. The fourth-order valence-electron chi connectivity index (χ4n) is 5.38. The van der Waals surface area contributed by atoms with Gasteiger partial charge in [-0.25, -0.2) is 0 Å². The smallest absolute Gasteiger partial charge is 0.141 e. The molecule has 0 amide bonds. The summed E-state index contributed by atoms with van der Waals surface area (Å²) in [6.07, 6.45) is 1.65. The Morgan fingerprint density at radius 2 is 0.708 bits per heavy atom. The van der Waals surface area contributed by atoms with E-state index in [0.29, 0.717) is 19.3 Å². The van der Waals surface area contributed by atoms with Crippen molar-refractivity contribution in [3.63, 3.8) is 0 Å². The third-order valence-electron chi connectivity index (χ3n) is 5.70. The lowest BCUT2D eigenvalue weighted by atomic mass is 9.49. The Morgan fingerprint density at radius 1 is 0.542 bits per heavy atom. The van der Waals surface area contributed by atoms with Crippen molar-refractivity contribution in [2.75, 3.05) is 0 Å². The summed E-state index contributed by atoms with van der Waals surface area (Å²) in [6, 6.07) is 0. The topological polar surface area (TPSA) is 51.2 Å². The second kappa shape index (κ2) is 6.72. The number of ketones is 3. The van der Waals surface area contributed by atoms with Gasteiger partial charge in [0.2, 0.25) is 0 Å². The zero-order valence-corrected chi connectivity index (χ0v) is 17.1. The van der Waals surface area contributed by atoms with E-state index in [9.17, 15) is 14.4 Å². The van der Waals surface area contributed by atoms with Crippen molar-refractivity contribution in [3.8, 4) is 0 Å². The van der Waals surface area contributed by atoms with Crippen LogP contribution in [-0.4, -0.2) is 17.3 Å². The fraction of sp³-hybridized carbons (Fsp3) is 0.857. The zero-order chi connectivity index (χ0) is 19.1. The number of hydrogen-bond donors (Lipinski definition) is 0. The first-order chi connectivity index (χ1) is 10.7. The van der Waals surface area contributed by atoms with E-state index in [0.717, 1.165) is 0 Å². The molecular formula is C21H36O3. The lowest BCUT2D eigenvalue weighted by molar-refractivity contribution is -0.155. The van der Waals surface area contributed by atoms with Gasteiger partial charge in [0.25, 0.3) is 0 Å². The quantitative estimate of drug-likeness (QED) is 0.695. The third kappa shape index (κ3) is 3.81. The first kappa shape index (κ1) is 21.1. The van der Waals surface area contributed by atoms with Crippen molar-refractivity contribution in [3.05, 3.63) is 0 Å². The minimum atomic E-state index is -0.620. The van der Waals surface area contributed by atoms with Gasteiger partial charge in [0.1, 0.15) is 17.3 Å². The van der Waals surface area contributed by atoms with E-state index < -0.39 is 16.2 Å². The van der Waals surface area contributed by atoms with E-state index in [2.05, 4.69) is 0 Å². The molecule has 0 N–H and O–H groups in total. The molecule has 1 rings (SSSR count). The van der Waals surface area contributed by atoms with Crippen molar-refractivity contribution in [2.45, 2.75) is 81.6 Å². The van der Waals surface area contributed by atoms with Crippen LogP contribution in [0, 0.1) is 34.0 Å². The fourth-order valence-corrected chi connectivity index (χ4v) is 5.38. The van der Waals surface area contributed by atoms with E-state index >= 15 is 0 Å². The van der Waals surface area contributed by atoms with Gasteiger partial charge in [0, 0.05) is 34.0 Å². The van der Waals surface area contributed by atoms with Gasteiger partial charge in [0.05, 0.1) is 0 Å². The lowest BCUT2D eigenvalue weighted by Gasteiger charge is -2.52. The Morgan fingerprint density at radius 3 is 0.833 bits per heavy atom. The van der Waals surface area contributed by atoms with Gasteiger partial charge in [-0.2, -0.15) is 0 Å². The van der Waals surface area contributed by atoms with Crippen LogP contribution in [0.2, 0.25) is 0 Å². The lowest BCUT2D eigenvalue weighted by Crippen LogP contribution is -2.53. The molecule has 24 heavy (non-hydrogen) atoms. The van der Waals surface area contributed by atoms with Gasteiger partial charge in [-0.15, -0.1) is 0 Å². The standard InChI is InChI=1S/C21H36O3/c1-13(2)16(22)19(7)10-20(8,17(23)14(3)4)12-21(9,11-19)18(24)15(5)6/h13-15H,10-12H2,1-9H3. The summed E-state index contributed by atoms with van der Waals surface area (Å²) >= 11 is 0. The Bertz CT molecular complexity index is 443. The summed E-state index contributed by atoms with van der Waals surface area (Å²) in [6.45, 7) is 17.3. The van der Waals surface area contributed by atoms with Gasteiger partial charge in [-0.3, -0.25) is 14.4 Å². The van der Waals surface area contributed by atoms with Gasteiger partial charge in [-0.05, 0) is 19.3 Å². The van der Waals surface area contributed by atoms with Gasteiger partial charge >= 0.3 is 0 Å². The minimum Gasteiger partial charge on any atom is -0.299 e. The molecule has 1 aliphatic carbocycles. The Balaban J connectivity index is 3.44. The molecule has 0 aromatic heterocycles. The molecule has 3 heteroatoms. The molecule has 0 aliphatic heterocycles. The number of hydrogen-bond acceptors (Lipinski definition) is 3. The predicted molar refractivity (Wildman–Crippen MR) is 97.7 cm³/mol. The normalized spacial score (nSPS) is 34.0. The van der Waals surface area contributed by atoms with E-state index in [-0.39, 0.29) is 35.1 Å². The van der Waals surface area contributed by atoms with E-state index in [1.165, 1.54) is 0 Å². The van der Waals surface area contributed by atoms with Crippen LogP contribution in [0.4, 0.5) is 0 Å². The number of Topliss-reactive ketones (excluding diaryl/α,β-unsaturated/α-hetero) is 3. The molecule has 0 saturated heterocycles. The van der Waals surface area contributed by atoms with Crippen LogP contribution >= 0.6 is 0 Å². The van der Waals surface area contributed by atoms with Crippen molar-refractivity contribution in [2.24, 2.45) is 34.0 Å². The molecule has 0 radical (unpaired) electrons. The first-order valence-corrected chi connectivity index (χ1v) is 9.31. The second-order valence-electron chi connectivity index (χ2n) is 9.77. The summed E-state index contributed by atoms with van der Waals surface area (Å²) in [5.41, 5.74) is -1.86. The third-order valence-corrected chi connectivity index (χ3v) is 5.70. The molecule has 0 aromatic rings. The molecule has 1 saturated carbocycles. The summed E-state index contributed by atoms with van der Waals surface area (Å²) in [4.78, 5) is 38.9. The van der Waals surface area contributed by atoms with Gasteiger partial charge in [0.15, 0.2) is 0 Å². The SMILES string of the molecule is CC(C)C(=O)C1(C)CC(C)(C(=O)C(C)C)CC(C)(C(=O)C(C)C)C1. The highest BCUT2D eigenvalue weighted by atomic mass is 16.1. The largest absolute Gasteiger partial charge is 0.299 e. The molecule has 0 atom stereocenters. The monoisotopic (exact) mass is 336 g/mol. The van der Waals surface area contributed by atoms with Crippen LogP contribution in [0.1, 0.15) is 81.6 Å². The van der Waals surface area contributed by atoms with Crippen molar-refractivity contribution < 1.29 is 14.4 Å². The highest BCUT2D eigenvalue weighted by molar-refractivity contribution is 5.94. The summed E-state index contributed by atoms with van der Waals surface area (Å²) < 4.78 is 0. The predicted octanol–water partition coefficient (Wildman–Crippen LogP) is 4.86. The highest BCUT2D eigenvalue weighted by Gasteiger charge is 2.57. The summed E-state index contributed by atoms with van der Waals surface area (Å²) in [7, 11) is 0. The molecule has 0 spiro atoms. The van der Waals surface area contributed by atoms with E-state index in [4.69, 9.17) is 0 Å².